The Morgan fingerprint density at radius 2 is 2.10 bits per heavy atom. The molecule has 0 aliphatic carbocycles. The third kappa shape index (κ3) is 2.74. The van der Waals surface area contributed by atoms with Crippen LogP contribution in [0.5, 0.6) is 0 Å². The van der Waals surface area contributed by atoms with Gasteiger partial charge in [0, 0.05) is 37.1 Å². The molecule has 1 aromatic heterocycles. The number of carbonyl (C=O) groups is 2. The number of nitrogens with one attached hydrogen (secondary N) is 1. The Morgan fingerprint density at radius 1 is 1.38 bits per heavy atom. The molecule has 7 heteroatoms. The molecule has 0 unspecified atom stereocenters. The number of piperidine rings is 1. The monoisotopic (exact) mass is 309 g/mol. The highest BCUT2D eigenvalue weighted by Gasteiger charge is 2.41. The van der Waals surface area contributed by atoms with Gasteiger partial charge < -0.3 is 10.2 Å². The van der Waals surface area contributed by atoms with Crippen LogP contribution in [0, 0.1) is 12.3 Å². The second kappa shape index (κ2) is 5.29. The lowest BCUT2D eigenvalue weighted by atomic mass is 9.77. The zero-order chi connectivity index (χ0) is 15.0. The van der Waals surface area contributed by atoms with Crippen molar-refractivity contribution in [1.82, 2.24) is 14.8 Å². The number of aryl methyl sites for hydroxylation is 1. The first-order valence-electron chi connectivity index (χ1n) is 7.19. The second-order valence-electron chi connectivity index (χ2n) is 6.06. The van der Waals surface area contributed by atoms with Crippen LogP contribution in [0.25, 0.3) is 0 Å². The molecule has 2 saturated heterocycles. The van der Waals surface area contributed by atoms with Gasteiger partial charge in [-0.25, -0.2) is 0 Å². The molecule has 6 nitrogen and oxygen atoms in total. The average molecular weight is 309 g/mol. The molecule has 0 radical (unpaired) electrons. The Labute approximate surface area is 126 Å². The van der Waals surface area contributed by atoms with Crippen molar-refractivity contribution in [3.63, 3.8) is 0 Å². The molecule has 3 rings (SSSR count). The molecule has 2 aliphatic heterocycles. The number of rotatable bonds is 2. The molecular weight excluding hydrogens is 290 g/mol. The van der Waals surface area contributed by atoms with E-state index in [1.807, 2.05) is 11.8 Å². The Morgan fingerprint density at radius 3 is 2.62 bits per heavy atom. The fraction of sp³-hybridized carbons (Fsp3) is 0.643. The van der Waals surface area contributed by atoms with Crippen molar-refractivity contribution in [2.75, 3.05) is 19.6 Å². The molecule has 0 aromatic carbocycles. The molecule has 2 fully saturated rings. The fourth-order valence-electron chi connectivity index (χ4n) is 3.17. The summed E-state index contributed by atoms with van der Waals surface area (Å²) in [6.45, 7) is 4.04. The molecule has 0 bridgehead atoms. The van der Waals surface area contributed by atoms with E-state index >= 15 is 0 Å². The average Bonchev–Trinajstić information content (AvgIpc) is 2.97. The molecular formula is C14H19N3O3S. The topological polar surface area (TPSA) is 71.4 Å². The van der Waals surface area contributed by atoms with E-state index in [0.29, 0.717) is 19.5 Å². The van der Waals surface area contributed by atoms with Crippen LogP contribution in [0.15, 0.2) is 10.2 Å². The van der Waals surface area contributed by atoms with E-state index in [-0.39, 0.29) is 28.6 Å². The highest BCUT2D eigenvalue weighted by Crippen LogP contribution is 2.37. The first kappa shape index (κ1) is 14.3. The van der Waals surface area contributed by atoms with E-state index in [0.717, 1.165) is 36.4 Å². The fourth-order valence-corrected chi connectivity index (χ4v) is 3.90. The van der Waals surface area contributed by atoms with Gasteiger partial charge in [0.05, 0.1) is 0 Å². The van der Waals surface area contributed by atoms with Crippen molar-refractivity contribution in [2.45, 2.75) is 32.7 Å². The molecule has 2 aliphatic rings. The molecule has 1 aromatic rings. The molecule has 0 atom stereocenters. The number of likely N-dealkylation sites (tertiary alicyclic amines) is 1. The van der Waals surface area contributed by atoms with E-state index in [1.54, 1.807) is 5.38 Å². The Bertz CT molecular complexity index is 626. The van der Waals surface area contributed by atoms with Crippen molar-refractivity contribution in [3.05, 3.63) is 20.7 Å². The highest BCUT2D eigenvalue weighted by atomic mass is 32.1. The predicted octanol–water partition coefficient (Wildman–Crippen LogP) is 0.347. The highest BCUT2D eigenvalue weighted by molar-refractivity contribution is 7.07. The van der Waals surface area contributed by atoms with Crippen LogP contribution in [0.2, 0.25) is 0 Å². The van der Waals surface area contributed by atoms with Crippen LogP contribution < -0.4 is 10.2 Å². The summed E-state index contributed by atoms with van der Waals surface area (Å²) in [4.78, 5) is 37.1. The van der Waals surface area contributed by atoms with Gasteiger partial charge in [-0.1, -0.05) is 11.3 Å². The molecule has 2 amide bonds. The molecule has 1 spiro atoms. The van der Waals surface area contributed by atoms with Crippen LogP contribution in [0.4, 0.5) is 0 Å². The summed E-state index contributed by atoms with van der Waals surface area (Å²) < 4.78 is 1.53. The van der Waals surface area contributed by atoms with E-state index in [9.17, 15) is 14.4 Å². The first-order valence-corrected chi connectivity index (χ1v) is 8.06. The van der Waals surface area contributed by atoms with Crippen molar-refractivity contribution >= 4 is 23.2 Å². The zero-order valence-electron chi connectivity index (χ0n) is 12.1. The third-order valence-corrected chi connectivity index (χ3v) is 5.52. The van der Waals surface area contributed by atoms with Gasteiger partial charge in [-0.15, -0.1) is 0 Å². The van der Waals surface area contributed by atoms with E-state index in [1.165, 1.54) is 4.57 Å². The summed E-state index contributed by atoms with van der Waals surface area (Å²) >= 11 is 1.13. The quantitative estimate of drug-likeness (QED) is 0.857. The van der Waals surface area contributed by atoms with Gasteiger partial charge in [0.25, 0.3) is 0 Å². The molecule has 0 saturated carbocycles. The zero-order valence-corrected chi connectivity index (χ0v) is 12.9. The summed E-state index contributed by atoms with van der Waals surface area (Å²) in [6, 6.07) is 0. The summed E-state index contributed by atoms with van der Waals surface area (Å²) in [6.07, 6.45) is 2.29. The minimum Gasteiger partial charge on any atom is -0.356 e. The summed E-state index contributed by atoms with van der Waals surface area (Å²) in [5.74, 6) is 0.112. The van der Waals surface area contributed by atoms with Crippen molar-refractivity contribution in [2.24, 2.45) is 5.41 Å². The molecule has 3 heterocycles. The normalized spacial score (nSPS) is 20.8. The van der Waals surface area contributed by atoms with Gasteiger partial charge in [-0.3, -0.25) is 19.0 Å². The van der Waals surface area contributed by atoms with Crippen LogP contribution >= 0.6 is 11.3 Å². The Kier molecular flexibility index (Phi) is 3.61. The number of aromatic nitrogens is 1. The number of thiazole rings is 1. The standard InChI is InChI=1S/C14H19N3O3S/c1-10-8-21-13(20)17(10)7-12(19)16-4-2-14(3-5-16)6-11(18)15-9-14/h8H,2-7,9H2,1H3,(H,15,18). The van der Waals surface area contributed by atoms with Crippen LogP contribution in [-0.4, -0.2) is 40.9 Å². The van der Waals surface area contributed by atoms with Gasteiger partial charge in [0.1, 0.15) is 6.54 Å². The molecule has 114 valence electrons. The van der Waals surface area contributed by atoms with Crippen molar-refractivity contribution in [1.29, 1.82) is 0 Å². The predicted molar refractivity (Wildman–Crippen MR) is 79.2 cm³/mol. The smallest absolute Gasteiger partial charge is 0.307 e. The number of hydrogen-bond donors (Lipinski definition) is 1. The minimum absolute atomic E-state index is 0.00858. The maximum absolute atomic E-state index is 12.3. The van der Waals surface area contributed by atoms with Crippen LogP contribution in [-0.2, 0) is 16.1 Å². The van der Waals surface area contributed by atoms with Gasteiger partial charge >= 0.3 is 4.87 Å². The number of amides is 2. The lowest BCUT2D eigenvalue weighted by Gasteiger charge is -2.38. The maximum atomic E-state index is 12.3. The molecule has 1 N–H and O–H groups in total. The maximum Gasteiger partial charge on any atom is 0.307 e. The summed E-state index contributed by atoms with van der Waals surface area (Å²) in [5, 5.41) is 4.66. The van der Waals surface area contributed by atoms with Crippen LogP contribution in [0.1, 0.15) is 25.0 Å². The van der Waals surface area contributed by atoms with Crippen LogP contribution in [0.3, 0.4) is 0 Å². The van der Waals surface area contributed by atoms with Crippen molar-refractivity contribution in [3.8, 4) is 0 Å². The second-order valence-corrected chi connectivity index (χ2v) is 6.88. The van der Waals surface area contributed by atoms with Gasteiger partial charge in [-0.05, 0) is 25.2 Å². The molecule has 21 heavy (non-hydrogen) atoms. The van der Waals surface area contributed by atoms with E-state index in [2.05, 4.69) is 5.32 Å². The van der Waals surface area contributed by atoms with E-state index < -0.39 is 0 Å². The minimum atomic E-state index is -0.0834. The summed E-state index contributed by atoms with van der Waals surface area (Å²) in [5.41, 5.74) is 0.876. The van der Waals surface area contributed by atoms with Gasteiger partial charge in [0.2, 0.25) is 11.8 Å². The Hall–Kier alpha value is -1.63. The lowest BCUT2D eigenvalue weighted by molar-refractivity contribution is -0.134. The van der Waals surface area contributed by atoms with Gasteiger partial charge in [0.15, 0.2) is 0 Å². The lowest BCUT2D eigenvalue weighted by Crippen LogP contribution is -2.45. The number of carbonyl (C=O) groups excluding carboxylic acids is 2. The van der Waals surface area contributed by atoms with Gasteiger partial charge in [-0.2, -0.15) is 0 Å². The van der Waals surface area contributed by atoms with E-state index in [4.69, 9.17) is 0 Å². The Balaban J connectivity index is 1.61. The summed E-state index contributed by atoms with van der Waals surface area (Å²) in [7, 11) is 0. The largest absolute Gasteiger partial charge is 0.356 e. The first-order chi connectivity index (χ1) is 9.99. The number of hydrogen-bond acceptors (Lipinski definition) is 4. The number of nitrogens with zero attached hydrogens (tertiary/aromatic N) is 2. The third-order valence-electron chi connectivity index (χ3n) is 4.64. The van der Waals surface area contributed by atoms with Crippen molar-refractivity contribution < 1.29 is 9.59 Å². The SMILES string of the molecule is Cc1csc(=O)n1CC(=O)N1CCC2(CC1)CNC(=O)C2.